The summed E-state index contributed by atoms with van der Waals surface area (Å²) >= 11 is 6.40. The highest BCUT2D eigenvalue weighted by Crippen LogP contribution is 2.26. The molecule has 0 saturated carbocycles. The fraction of sp³-hybridized carbons (Fsp3) is 0.529. The van der Waals surface area contributed by atoms with Crippen molar-refractivity contribution in [1.29, 1.82) is 0 Å². The molecule has 2 rings (SSSR count). The van der Waals surface area contributed by atoms with Crippen molar-refractivity contribution in [3.63, 3.8) is 0 Å². The summed E-state index contributed by atoms with van der Waals surface area (Å²) in [6.45, 7) is 7.45. The zero-order valence-corrected chi connectivity index (χ0v) is 14.0. The maximum atomic E-state index is 6.40. The molecule has 0 aliphatic heterocycles. The molecule has 0 unspecified atom stereocenters. The molecule has 1 aromatic heterocycles. The van der Waals surface area contributed by atoms with Crippen LogP contribution in [0.5, 0.6) is 0 Å². The van der Waals surface area contributed by atoms with E-state index in [1.807, 2.05) is 12.1 Å². The number of rotatable bonds is 8. The Hall–Kier alpha value is -1.03. The predicted molar refractivity (Wildman–Crippen MR) is 92.0 cm³/mol. The third-order valence-corrected chi connectivity index (χ3v) is 4.44. The van der Waals surface area contributed by atoms with Crippen molar-refractivity contribution < 1.29 is 0 Å². The number of halogens is 1. The average Bonchev–Trinajstić information content (AvgIpc) is 2.79. The molecule has 0 aliphatic carbocycles. The highest BCUT2D eigenvalue weighted by molar-refractivity contribution is 6.36. The molecule has 0 bridgehead atoms. The molecule has 0 radical (unpaired) electrons. The number of fused-ring (bicyclic) bond motifs is 1. The fourth-order valence-electron chi connectivity index (χ4n) is 2.37. The van der Waals surface area contributed by atoms with Crippen LogP contribution in [-0.4, -0.2) is 36.1 Å². The van der Waals surface area contributed by atoms with Crippen LogP contribution in [-0.2, 0) is 6.54 Å². The number of H-pyrrole nitrogens is 1. The van der Waals surface area contributed by atoms with Crippen molar-refractivity contribution >= 4 is 22.5 Å². The monoisotopic (exact) mass is 307 g/mol. The topological polar surface area (TPSA) is 31.1 Å². The first-order valence-electron chi connectivity index (χ1n) is 7.75. The van der Waals surface area contributed by atoms with Crippen LogP contribution >= 0.6 is 11.6 Å². The van der Waals surface area contributed by atoms with Gasteiger partial charge in [-0.2, -0.15) is 0 Å². The second kappa shape index (κ2) is 7.83. The Bertz CT molecular complexity index is 562. The molecule has 116 valence electrons. The first kappa shape index (κ1) is 16.3. The minimum Gasteiger partial charge on any atom is -0.356 e. The number of benzene rings is 1. The molecule has 0 spiro atoms. The Balaban J connectivity index is 1.72. The Kier molecular flexibility index (Phi) is 6.09. The lowest BCUT2D eigenvalue weighted by Gasteiger charge is -2.20. The normalized spacial score (nSPS) is 11.9. The number of aromatic amines is 1. The van der Waals surface area contributed by atoms with Gasteiger partial charge in [0.2, 0.25) is 0 Å². The van der Waals surface area contributed by atoms with Crippen LogP contribution in [0.3, 0.4) is 0 Å². The minimum atomic E-state index is 0.628. The van der Waals surface area contributed by atoms with Crippen LogP contribution in [0, 0.1) is 0 Å². The van der Waals surface area contributed by atoms with E-state index in [9.17, 15) is 0 Å². The summed E-state index contributed by atoms with van der Waals surface area (Å²) in [5.41, 5.74) is 2.19. The second-order valence-corrected chi connectivity index (χ2v) is 6.30. The summed E-state index contributed by atoms with van der Waals surface area (Å²) in [5, 5.41) is 5.42. The highest BCUT2D eigenvalue weighted by atomic mass is 35.5. The van der Waals surface area contributed by atoms with Crippen molar-refractivity contribution in [1.82, 2.24) is 15.2 Å². The van der Waals surface area contributed by atoms with E-state index in [1.165, 1.54) is 12.8 Å². The Morgan fingerprint density at radius 1 is 1.24 bits per heavy atom. The van der Waals surface area contributed by atoms with Gasteiger partial charge in [0.05, 0.1) is 5.02 Å². The Morgan fingerprint density at radius 3 is 2.71 bits per heavy atom. The van der Waals surface area contributed by atoms with E-state index in [0.29, 0.717) is 6.04 Å². The van der Waals surface area contributed by atoms with Gasteiger partial charge in [-0.25, -0.2) is 0 Å². The van der Waals surface area contributed by atoms with Crippen molar-refractivity contribution in [3.05, 3.63) is 35.0 Å². The molecule has 1 heterocycles. The molecule has 0 amide bonds. The number of hydrogen-bond donors (Lipinski definition) is 2. The Labute approximate surface area is 132 Å². The number of nitrogens with one attached hydrogen (secondary N) is 2. The molecular weight excluding hydrogens is 282 g/mol. The summed E-state index contributed by atoms with van der Waals surface area (Å²) in [4.78, 5) is 5.77. The van der Waals surface area contributed by atoms with Gasteiger partial charge < -0.3 is 15.2 Å². The van der Waals surface area contributed by atoms with E-state index < -0.39 is 0 Å². The standard InChI is InChI=1S/C17H26ClN3/c1-13(2)21(3)11-7-6-10-19-12-16-17(18)14-8-4-5-9-15(14)20-16/h4-5,8-9,13,19-20H,6-7,10-12H2,1-3H3. The van der Waals surface area contributed by atoms with Gasteiger partial charge in [0, 0.05) is 29.2 Å². The van der Waals surface area contributed by atoms with E-state index in [1.54, 1.807) is 0 Å². The lowest BCUT2D eigenvalue weighted by molar-refractivity contribution is 0.268. The third-order valence-electron chi connectivity index (χ3n) is 4.01. The van der Waals surface area contributed by atoms with Crippen LogP contribution in [0.4, 0.5) is 0 Å². The van der Waals surface area contributed by atoms with E-state index >= 15 is 0 Å². The van der Waals surface area contributed by atoms with Gasteiger partial charge in [-0.15, -0.1) is 0 Å². The molecule has 0 aliphatic rings. The van der Waals surface area contributed by atoms with Gasteiger partial charge in [-0.1, -0.05) is 29.8 Å². The molecule has 4 heteroatoms. The van der Waals surface area contributed by atoms with Crippen molar-refractivity contribution in [3.8, 4) is 0 Å². The molecule has 0 saturated heterocycles. The molecule has 0 fully saturated rings. The third kappa shape index (κ3) is 4.47. The van der Waals surface area contributed by atoms with E-state index in [2.05, 4.69) is 48.2 Å². The number of unbranched alkanes of at least 4 members (excludes halogenated alkanes) is 1. The van der Waals surface area contributed by atoms with Gasteiger partial charge >= 0.3 is 0 Å². The van der Waals surface area contributed by atoms with Crippen LogP contribution in [0.15, 0.2) is 24.3 Å². The van der Waals surface area contributed by atoms with Crippen molar-refractivity contribution in [2.45, 2.75) is 39.3 Å². The molecule has 1 aromatic carbocycles. The van der Waals surface area contributed by atoms with E-state index in [4.69, 9.17) is 11.6 Å². The maximum absolute atomic E-state index is 6.40. The first-order valence-corrected chi connectivity index (χ1v) is 8.13. The molecular formula is C17H26ClN3. The first-order chi connectivity index (χ1) is 10.1. The smallest absolute Gasteiger partial charge is 0.0705 e. The summed E-state index contributed by atoms with van der Waals surface area (Å²) in [6.07, 6.45) is 2.41. The zero-order valence-electron chi connectivity index (χ0n) is 13.2. The van der Waals surface area contributed by atoms with Crippen molar-refractivity contribution in [2.24, 2.45) is 0 Å². The summed E-state index contributed by atoms with van der Waals surface area (Å²) in [5.74, 6) is 0. The van der Waals surface area contributed by atoms with Gasteiger partial charge in [-0.3, -0.25) is 0 Å². The van der Waals surface area contributed by atoms with Crippen LogP contribution in [0.1, 0.15) is 32.4 Å². The number of hydrogen-bond acceptors (Lipinski definition) is 2. The molecule has 21 heavy (non-hydrogen) atoms. The van der Waals surface area contributed by atoms with Crippen LogP contribution in [0.2, 0.25) is 5.02 Å². The summed E-state index contributed by atoms with van der Waals surface area (Å²) < 4.78 is 0. The lowest BCUT2D eigenvalue weighted by Crippen LogP contribution is -2.27. The highest BCUT2D eigenvalue weighted by Gasteiger charge is 2.08. The largest absolute Gasteiger partial charge is 0.356 e. The van der Waals surface area contributed by atoms with Crippen LogP contribution < -0.4 is 5.32 Å². The predicted octanol–water partition coefficient (Wildman–Crippen LogP) is 4.03. The van der Waals surface area contributed by atoms with E-state index in [0.717, 1.165) is 41.3 Å². The number of aromatic nitrogens is 1. The Morgan fingerprint density at radius 2 is 2.00 bits per heavy atom. The van der Waals surface area contributed by atoms with Gasteiger partial charge in [0.25, 0.3) is 0 Å². The fourth-order valence-corrected chi connectivity index (χ4v) is 2.65. The van der Waals surface area contributed by atoms with Gasteiger partial charge in [-0.05, 0) is 52.9 Å². The molecule has 0 atom stereocenters. The second-order valence-electron chi connectivity index (χ2n) is 5.92. The number of nitrogens with zero attached hydrogens (tertiary/aromatic N) is 1. The zero-order chi connectivity index (χ0) is 15.2. The summed E-state index contributed by atoms with van der Waals surface area (Å²) in [7, 11) is 2.18. The minimum absolute atomic E-state index is 0.628. The van der Waals surface area contributed by atoms with Crippen LogP contribution in [0.25, 0.3) is 10.9 Å². The maximum Gasteiger partial charge on any atom is 0.0705 e. The average molecular weight is 308 g/mol. The lowest BCUT2D eigenvalue weighted by atomic mass is 10.2. The molecule has 2 aromatic rings. The van der Waals surface area contributed by atoms with E-state index in [-0.39, 0.29) is 0 Å². The van der Waals surface area contributed by atoms with Gasteiger partial charge in [0.1, 0.15) is 0 Å². The quantitative estimate of drug-likeness (QED) is 0.721. The number of para-hydroxylation sites is 1. The summed E-state index contributed by atoms with van der Waals surface area (Å²) in [6, 6.07) is 8.79. The van der Waals surface area contributed by atoms with Gasteiger partial charge in [0.15, 0.2) is 0 Å². The van der Waals surface area contributed by atoms with Crippen molar-refractivity contribution in [2.75, 3.05) is 20.1 Å². The molecule has 2 N–H and O–H groups in total. The molecule has 3 nitrogen and oxygen atoms in total. The SMILES string of the molecule is CC(C)N(C)CCCCNCc1[nH]c2ccccc2c1Cl.